The molecule has 116 valence electrons. The van der Waals surface area contributed by atoms with Gasteiger partial charge in [-0.3, -0.25) is 0 Å². The number of phenols is 1. The fourth-order valence-electron chi connectivity index (χ4n) is 1.92. The summed E-state index contributed by atoms with van der Waals surface area (Å²) in [6.07, 6.45) is 0. The van der Waals surface area contributed by atoms with Crippen LogP contribution in [-0.2, 0) is 0 Å². The maximum Gasteiger partial charge on any atom is 0.173 e. The summed E-state index contributed by atoms with van der Waals surface area (Å²) in [7, 11) is 0. The van der Waals surface area contributed by atoms with Gasteiger partial charge in [-0.1, -0.05) is 23.2 Å². The highest BCUT2D eigenvalue weighted by Crippen LogP contribution is 2.37. The molecule has 0 radical (unpaired) electrons. The second-order valence-electron chi connectivity index (χ2n) is 4.74. The molecular weight excluding hydrogens is 335 g/mol. The first-order chi connectivity index (χ1) is 11.1. The van der Waals surface area contributed by atoms with Gasteiger partial charge < -0.3 is 14.6 Å². The molecule has 3 rings (SSSR count). The zero-order chi connectivity index (χ0) is 16.2. The third kappa shape index (κ3) is 4.09. The molecule has 0 heterocycles. The average molecular weight is 347 g/mol. The molecule has 1 N–H and O–H groups in total. The maximum absolute atomic E-state index is 9.69. The summed E-state index contributed by atoms with van der Waals surface area (Å²) in [4.78, 5) is 0. The van der Waals surface area contributed by atoms with Crippen molar-refractivity contribution in [1.29, 1.82) is 0 Å². The summed E-state index contributed by atoms with van der Waals surface area (Å²) in [5, 5.41) is 10.9. The topological polar surface area (TPSA) is 38.7 Å². The van der Waals surface area contributed by atoms with Gasteiger partial charge in [0.25, 0.3) is 0 Å². The Hall–Kier alpha value is -2.36. The molecule has 3 nitrogen and oxygen atoms in total. The van der Waals surface area contributed by atoms with E-state index in [2.05, 4.69) is 0 Å². The molecule has 0 aromatic heterocycles. The third-order valence-corrected chi connectivity index (χ3v) is 3.51. The van der Waals surface area contributed by atoms with Crippen LogP contribution >= 0.6 is 23.2 Å². The fraction of sp³-hybridized carbons (Fsp3) is 0. The number of aromatic hydroxyl groups is 1. The average Bonchev–Trinajstić information content (AvgIpc) is 2.54. The Morgan fingerprint density at radius 1 is 0.609 bits per heavy atom. The number of benzene rings is 3. The van der Waals surface area contributed by atoms with Gasteiger partial charge in [-0.05, 0) is 60.7 Å². The van der Waals surface area contributed by atoms with Crippen LogP contribution in [0.1, 0.15) is 0 Å². The fourth-order valence-corrected chi connectivity index (χ4v) is 2.17. The predicted molar refractivity (Wildman–Crippen MR) is 91.2 cm³/mol. The quantitative estimate of drug-likeness (QED) is 0.603. The van der Waals surface area contributed by atoms with Crippen molar-refractivity contribution in [3.8, 4) is 28.7 Å². The molecule has 0 saturated heterocycles. The van der Waals surface area contributed by atoms with E-state index in [-0.39, 0.29) is 5.75 Å². The van der Waals surface area contributed by atoms with Crippen molar-refractivity contribution in [3.63, 3.8) is 0 Å². The zero-order valence-corrected chi connectivity index (χ0v) is 13.4. The molecule has 3 aromatic rings. The summed E-state index contributed by atoms with van der Waals surface area (Å²) in [6, 6.07) is 18.5. The molecule has 0 aliphatic heterocycles. The van der Waals surface area contributed by atoms with Gasteiger partial charge in [0.2, 0.25) is 0 Å². The van der Waals surface area contributed by atoms with E-state index in [4.69, 9.17) is 32.7 Å². The van der Waals surface area contributed by atoms with E-state index in [0.717, 1.165) is 0 Å². The summed E-state index contributed by atoms with van der Waals surface area (Å²) in [6.45, 7) is 0. The molecule has 0 fully saturated rings. The predicted octanol–water partition coefficient (Wildman–Crippen LogP) is 6.28. The third-order valence-electron chi connectivity index (χ3n) is 3.01. The van der Waals surface area contributed by atoms with Crippen molar-refractivity contribution in [2.75, 3.05) is 0 Å². The van der Waals surface area contributed by atoms with Crippen molar-refractivity contribution < 1.29 is 14.6 Å². The number of hydrogen-bond donors (Lipinski definition) is 1. The van der Waals surface area contributed by atoms with Crippen molar-refractivity contribution in [3.05, 3.63) is 76.8 Å². The van der Waals surface area contributed by atoms with E-state index >= 15 is 0 Å². The molecule has 0 amide bonds. The number of rotatable bonds is 4. The standard InChI is InChI=1S/C18H12Cl2O3/c19-12-1-6-15(7-2-12)22-17-10-5-14(21)11-18(17)23-16-8-3-13(20)4-9-16/h1-11,21H. The highest BCUT2D eigenvalue weighted by atomic mass is 35.5. The van der Waals surface area contributed by atoms with Crippen LogP contribution in [0.2, 0.25) is 10.0 Å². The van der Waals surface area contributed by atoms with E-state index in [1.807, 2.05) is 0 Å². The van der Waals surface area contributed by atoms with Crippen LogP contribution in [0, 0.1) is 0 Å². The summed E-state index contributed by atoms with van der Waals surface area (Å²) >= 11 is 11.7. The Kier molecular flexibility index (Phi) is 4.60. The van der Waals surface area contributed by atoms with Gasteiger partial charge in [0.1, 0.15) is 17.2 Å². The van der Waals surface area contributed by atoms with Crippen LogP contribution in [0.25, 0.3) is 0 Å². The molecule has 0 spiro atoms. The van der Waals surface area contributed by atoms with Gasteiger partial charge in [0.05, 0.1) is 0 Å². The van der Waals surface area contributed by atoms with Crippen LogP contribution in [0.3, 0.4) is 0 Å². The lowest BCUT2D eigenvalue weighted by Crippen LogP contribution is -1.90. The van der Waals surface area contributed by atoms with Gasteiger partial charge in [0, 0.05) is 16.1 Å². The Labute approximate surface area is 143 Å². The number of ether oxygens (including phenoxy) is 2. The second-order valence-corrected chi connectivity index (χ2v) is 5.62. The summed E-state index contributed by atoms with van der Waals surface area (Å²) in [5.74, 6) is 2.14. The minimum absolute atomic E-state index is 0.0809. The number of phenolic OH excluding ortho intramolecular Hbond substituents is 1. The molecular formula is C18H12Cl2O3. The summed E-state index contributed by atoms with van der Waals surface area (Å²) in [5.41, 5.74) is 0. The first-order valence-corrected chi connectivity index (χ1v) is 7.55. The van der Waals surface area contributed by atoms with E-state index in [1.54, 1.807) is 54.6 Å². The highest BCUT2D eigenvalue weighted by molar-refractivity contribution is 6.30. The van der Waals surface area contributed by atoms with E-state index in [0.29, 0.717) is 33.0 Å². The molecule has 0 atom stereocenters. The van der Waals surface area contributed by atoms with Crippen LogP contribution in [0.5, 0.6) is 28.7 Å². The minimum atomic E-state index is 0.0809. The van der Waals surface area contributed by atoms with Gasteiger partial charge >= 0.3 is 0 Å². The largest absolute Gasteiger partial charge is 0.508 e. The molecule has 0 aliphatic rings. The first kappa shape index (κ1) is 15.5. The highest BCUT2D eigenvalue weighted by Gasteiger charge is 2.09. The van der Waals surface area contributed by atoms with Crippen molar-refractivity contribution >= 4 is 23.2 Å². The molecule has 0 saturated carbocycles. The van der Waals surface area contributed by atoms with Gasteiger partial charge in [0.15, 0.2) is 11.5 Å². The van der Waals surface area contributed by atoms with Crippen molar-refractivity contribution in [2.45, 2.75) is 0 Å². The molecule has 0 bridgehead atoms. The summed E-state index contributed by atoms with van der Waals surface area (Å²) < 4.78 is 11.6. The lowest BCUT2D eigenvalue weighted by atomic mass is 10.3. The van der Waals surface area contributed by atoms with Gasteiger partial charge in [-0.2, -0.15) is 0 Å². The SMILES string of the molecule is Oc1ccc(Oc2ccc(Cl)cc2)c(Oc2ccc(Cl)cc2)c1. The number of halogens is 2. The van der Waals surface area contributed by atoms with Crippen molar-refractivity contribution in [2.24, 2.45) is 0 Å². The smallest absolute Gasteiger partial charge is 0.173 e. The van der Waals surface area contributed by atoms with Crippen LogP contribution in [-0.4, -0.2) is 5.11 Å². The Morgan fingerprint density at radius 2 is 1.09 bits per heavy atom. The minimum Gasteiger partial charge on any atom is -0.508 e. The zero-order valence-electron chi connectivity index (χ0n) is 11.9. The van der Waals surface area contributed by atoms with Crippen molar-refractivity contribution in [1.82, 2.24) is 0 Å². The van der Waals surface area contributed by atoms with Crippen LogP contribution in [0.15, 0.2) is 66.7 Å². The maximum atomic E-state index is 9.69. The monoisotopic (exact) mass is 346 g/mol. The Morgan fingerprint density at radius 3 is 1.61 bits per heavy atom. The number of hydrogen-bond acceptors (Lipinski definition) is 3. The van der Waals surface area contributed by atoms with E-state index in [9.17, 15) is 5.11 Å². The Balaban J connectivity index is 1.88. The lowest BCUT2D eigenvalue weighted by molar-refractivity contribution is 0.410. The van der Waals surface area contributed by atoms with Gasteiger partial charge in [-0.15, -0.1) is 0 Å². The molecule has 0 aliphatic carbocycles. The van der Waals surface area contributed by atoms with E-state index in [1.165, 1.54) is 12.1 Å². The van der Waals surface area contributed by atoms with Gasteiger partial charge in [-0.25, -0.2) is 0 Å². The molecule has 23 heavy (non-hydrogen) atoms. The first-order valence-electron chi connectivity index (χ1n) is 6.80. The second kappa shape index (κ2) is 6.82. The normalized spacial score (nSPS) is 10.3. The van der Waals surface area contributed by atoms with Crippen LogP contribution in [0.4, 0.5) is 0 Å². The lowest BCUT2D eigenvalue weighted by Gasteiger charge is -2.13. The Bertz CT molecular complexity index is 800. The van der Waals surface area contributed by atoms with E-state index < -0.39 is 0 Å². The molecule has 3 aromatic carbocycles. The van der Waals surface area contributed by atoms with Crippen LogP contribution < -0.4 is 9.47 Å². The molecule has 0 unspecified atom stereocenters. The molecule has 5 heteroatoms.